The Bertz CT molecular complexity index is 1410. The Morgan fingerprint density at radius 2 is 1.55 bits per heavy atom. The highest BCUT2D eigenvalue weighted by atomic mass is 35.5. The molecule has 0 amide bonds. The molecule has 2 aromatic carbocycles. The van der Waals surface area contributed by atoms with E-state index in [9.17, 15) is 22.8 Å². The zero-order valence-corrected chi connectivity index (χ0v) is 23.2. The van der Waals surface area contributed by atoms with E-state index in [0.29, 0.717) is 37.4 Å². The second-order valence-corrected chi connectivity index (χ2v) is 10.7. The summed E-state index contributed by atoms with van der Waals surface area (Å²) in [5.74, 6) is 0.229. The lowest BCUT2D eigenvalue weighted by Crippen LogP contribution is -2.50. The number of para-hydroxylation sites is 2. The molecule has 11 heteroatoms. The molecule has 40 heavy (non-hydrogen) atoms. The summed E-state index contributed by atoms with van der Waals surface area (Å²) in [5.41, 5.74) is 1.54. The lowest BCUT2D eigenvalue weighted by Gasteiger charge is -2.38. The van der Waals surface area contributed by atoms with Gasteiger partial charge >= 0.3 is 11.9 Å². The van der Waals surface area contributed by atoms with Gasteiger partial charge in [-0.3, -0.25) is 18.8 Å². The summed E-state index contributed by atoms with van der Waals surface area (Å²) in [6, 6.07) is 16.5. The normalized spacial score (nSPS) is 16.9. The predicted octanol–water partition coefficient (Wildman–Crippen LogP) is 4.33. The summed E-state index contributed by atoms with van der Waals surface area (Å²) in [6.45, 7) is 4.75. The smallest absolute Gasteiger partial charge is 0.422 e. The van der Waals surface area contributed by atoms with E-state index in [2.05, 4.69) is 9.80 Å². The number of piperazine rings is 1. The van der Waals surface area contributed by atoms with Crippen molar-refractivity contribution in [3.8, 4) is 5.75 Å². The van der Waals surface area contributed by atoms with Crippen molar-refractivity contribution in [2.45, 2.75) is 39.0 Å². The molecular formula is C29H34ClF3N4O3. The van der Waals surface area contributed by atoms with Crippen LogP contribution in [0.25, 0.3) is 0 Å². The number of aromatic nitrogens is 2. The van der Waals surface area contributed by atoms with Crippen LogP contribution in [0.1, 0.15) is 24.0 Å². The number of nitrogens with zero attached hydrogens (tertiary/aromatic N) is 4. The molecule has 0 unspecified atom stereocenters. The van der Waals surface area contributed by atoms with Gasteiger partial charge in [0.25, 0.3) is 5.56 Å². The van der Waals surface area contributed by atoms with Gasteiger partial charge in [-0.05, 0) is 37.5 Å². The van der Waals surface area contributed by atoms with Crippen molar-refractivity contribution in [3.63, 3.8) is 0 Å². The minimum atomic E-state index is -4.39. The topological polar surface area (TPSA) is 59.7 Å². The molecule has 1 saturated carbocycles. The standard InChI is InChI=1S/C29H33F3N4O3.ClH/c1-22-17-35(18-23-7-3-2-4-8-23)27(38)36(26(22)37)20-28(11-12-28)19-33-13-15-34(16-14-33)24-9-5-6-10-25(24)39-21-29(30,31)32;/h2-10,17H,11-16,18-21H2,1H3;1H. The van der Waals surface area contributed by atoms with Crippen LogP contribution in [-0.2, 0) is 13.1 Å². The second kappa shape index (κ2) is 12.1. The van der Waals surface area contributed by atoms with E-state index in [4.69, 9.17) is 4.74 Å². The molecule has 1 aliphatic carbocycles. The zero-order valence-electron chi connectivity index (χ0n) is 22.4. The first kappa shape index (κ1) is 29.7. The van der Waals surface area contributed by atoms with Gasteiger partial charge in [0.15, 0.2) is 6.61 Å². The van der Waals surface area contributed by atoms with Crippen LogP contribution in [0.3, 0.4) is 0 Å². The number of ether oxygens (including phenoxy) is 1. The fraction of sp³-hybridized carbons (Fsp3) is 0.448. The lowest BCUT2D eigenvalue weighted by atomic mass is 10.1. The van der Waals surface area contributed by atoms with E-state index in [-0.39, 0.29) is 34.8 Å². The van der Waals surface area contributed by atoms with Gasteiger partial charge in [0.05, 0.1) is 12.2 Å². The molecule has 1 saturated heterocycles. The molecule has 0 bridgehead atoms. The third kappa shape index (κ3) is 7.09. The van der Waals surface area contributed by atoms with Crippen molar-refractivity contribution in [2.75, 3.05) is 44.2 Å². The van der Waals surface area contributed by atoms with Gasteiger partial charge < -0.3 is 9.64 Å². The monoisotopic (exact) mass is 578 g/mol. The third-order valence-corrected chi connectivity index (χ3v) is 7.58. The van der Waals surface area contributed by atoms with Crippen LogP contribution in [0.4, 0.5) is 18.9 Å². The minimum Gasteiger partial charge on any atom is -0.482 e. The maximum atomic E-state index is 13.3. The van der Waals surface area contributed by atoms with Crippen molar-refractivity contribution >= 4 is 18.1 Å². The summed E-state index contributed by atoms with van der Waals surface area (Å²) >= 11 is 0. The molecule has 0 atom stereocenters. The van der Waals surface area contributed by atoms with E-state index in [1.54, 1.807) is 42.0 Å². The lowest BCUT2D eigenvalue weighted by molar-refractivity contribution is -0.153. The minimum absolute atomic E-state index is 0. The molecule has 2 fully saturated rings. The van der Waals surface area contributed by atoms with Crippen LogP contribution in [0, 0.1) is 12.3 Å². The highest BCUT2D eigenvalue weighted by Crippen LogP contribution is 2.47. The Balaban J connectivity index is 0.00000370. The van der Waals surface area contributed by atoms with Gasteiger partial charge in [-0.1, -0.05) is 42.5 Å². The Kier molecular flexibility index (Phi) is 8.99. The van der Waals surface area contributed by atoms with E-state index in [0.717, 1.165) is 38.0 Å². The quantitative estimate of drug-likeness (QED) is 0.378. The fourth-order valence-corrected chi connectivity index (χ4v) is 5.33. The van der Waals surface area contributed by atoms with Crippen LogP contribution in [0.15, 0.2) is 70.4 Å². The van der Waals surface area contributed by atoms with E-state index in [1.807, 2.05) is 30.3 Å². The largest absolute Gasteiger partial charge is 0.482 e. The third-order valence-electron chi connectivity index (χ3n) is 7.58. The molecule has 1 aliphatic heterocycles. The summed E-state index contributed by atoms with van der Waals surface area (Å²) in [4.78, 5) is 30.7. The number of anilines is 1. The number of halogens is 4. The molecule has 216 valence electrons. The van der Waals surface area contributed by atoms with Gasteiger partial charge in [0, 0.05) is 56.4 Å². The molecule has 0 spiro atoms. The maximum Gasteiger partial charge on any atom is 0.422 e. The van der Waals surface area contributed by atoms with Crippen molar-refractivity contribution in [1.29, 1.82) is 0 Å². The SMILES string of the molecule is Cc1cn(Cc2ccccc2)c(=O)n(CC2(CN3CCN(c4ccccc4OCC(F)(F)F)CC3)CC2)c1=O.Cl. The van der Waals surface area contributed by atoms with E-state index < -0.39 is 12.8 Å². The molecule has 2 heterocycles. The molecule has 7 nitrogen and oxygen atoms in total. The predicted molar refractivity (Wildman–Crippen MR) is 151 cm³/mol. The van der Waals surface area contributed by atoms with Gasteiger partial charge in [-0.25, -0.2) is 4.79 Å². The molecular weight excluding hydrogens is 545 g/mol. The molecule has 0 radical (unpaired) electrons. The van der Waals surface area contributed by atoms with E-state index >= 15 is 0 Å². The number of hydrogen-bond acceptors (Lipinski definition) is 5. The Morgan fingerprint density at radius 1 is 0.900 bits per heavy atom. The number of aryl methyl sites for hydroxylation is 1. The Labute approximate surface area is 237 Å². The zero-order chi connectivity index (χ0) is 27.6. The first-order valence-corrected chi connectivity index (χ1v) is 13.2. The first-order chi connectivity index (χ1) is 18.6. The van der Waals surface area contributed by atoms with Crippen LogP contribution >= 0.6 is 12.4 Å². The van der Waals surface area contributed by atoms with Crippen LogP contribution in [-0.4, -0.2) is 59.5 Å². The number of benzene rings is 2. The van der Waals surface area contributed by atoms with Crippen LogP contribution in [0.5, 0.6) is 5.75 Å². The average Bonchev–Trinajstić information content (AvgIpc) is 3.68. The maximum absolute atomic E-state index is 13.3. The Hall–Kier alpha value is -3.24. The van der Waals surface area contributed by atoms with Gasteiger partial charge in [-0.2, -0.15) is 13.2 Å². The van der Waals surface area contributed by atoms with Crippen LogP contribution < -0.4 is 20.9 Å². The Morgan fingerprint density at radius 3 is 2.20 bits per heavy atom. The van der Waals surface area contributed by atoms with Crippen molar-refractivity contribution in [2.24, 2.45) is 5.41 Å². The number of rotatable bonds is 9. The highest BCUT2D eigenvalue weighted by molar-refractivity contribution is 5.85. The van der Waals surface area contributed by atoms with E-state index in [1.165, 1.54) is 4.57 Å². The average molecular weight is 579 g/mol. The summed E-state index contributed by atoms with van der Waals surface area (Å²) < 4.78 is 46.2. The summed E-state index contributed by atoms with van der Waals surface area (Å²) in [5, 5.41) is 0. The molecule has 0 N–H and O–H groups in total. The fourth-order valence-electron chi connectivity index (χ4n) is 5.33. The van der Waals surface area contributed by atoms with Crippen molar-refractivity contribution in [1.82, 2.24) is 14.0 Å². The highest BCUT2D eigenvalue weighted by Gasteiger charge is 2.45. The second-order valence-electron chi connectivity index (χ2n) is 10.7. The molecule has 1 aromatic heterocycles. The molecule has 5 rings (SSSR count). The number of hydrogen-bond donors (Lipinski definition) is 0. The van der Waals surface area contributed by atoms with Gasteiger partial charge in [-0.15, -0.1) is 12.4 Å². The summed E-state index contributed by atoms with van der Waals surface area (Å²) in [7, 11) is 0. The van der Waals surface area contributed by atoms with Crippen molar-refractivity contribution < 1.29 is 17.9 Å². The summed E-state index contributed by atoms with van der Waals surface area (Å²) in [6.07, 6.45) is -0.864. The van der Waals surface area contributed by atoms with Gasteiger partial charge in [0.2, 0.25) is 0 Å². The molecule has 2 aliphatic rings. The van der Waals surface area contributed by atoms with Crippen LogP contribution in [0.2, 0.25) is 0 Å². The molecule has 3 aromatic rings. The van der Waals surface area contributed by atoms with Crippen molar-refractivity contribution in [3.05, 3.63) is 92.8 Å². The van der Waals surface area contributed by atoms with Gasteiger partial charge in [0.1, 0.15) is 5.75 Å². The first-order valence-electron chi connectivity index (χ1n) is 13.2. The number of alkyl halides is 3.